The Morgan fingerprint density at radius 1 is 1.06 bits per heavy atom. The Kier molecular flexibility index (Phi) is 8.41. The van der Waals surface area contributed by atoms with Crippen LogP contribution >= 0.6 is 0 Å². The van der Waals surface area contributed by atoms with Crippen LogP contribution in [0, 0.1) is 10.8 Å². The van der Waals surface area contributed by atoms with E-state index in [1.54, 1.807) is 20.8 Å². The second kappa shape index (κ2) is 7.11. The van der Waals surface area contributed by atoms with Crippen LogP contribution in [-0.2, 0) is 9.59 Å². The average molecular weight is 256 g/mol. The molecule has 0 heterocycles. The van der Waals surface area contributed by atoms with Crippen LogP contribution in [0.3, 0.4) is 0 Å². The number of carbonyl (C=O) groups is 2. The van der Waals surface area contributed by atoms with Crippen LogP contribution in [0.1, 0.15) is 47.0 Å². The van der Waals surface area contributed by atoms with Crippen LogP contribution in [0.15, 0.2) is 0 Å². The minimum absolute atomic E-state index is 0. The standard InChI is InChI=1S/C11H20O4.K.H/c1-5-6-7-11(8(12)13,9(14)15)10(2,3)4;;/h5-7H2,1-4H3,(H,12,13)(H,14,15);;. The first-order valence-corrected chi connectivity index (χ1v) is 5.17. The molecule has 0 aliphatic rings. The molecule has 0 rings (SSSR count). The molecule has 0 unspecified atom stereocenters. The van der Waals surface area contributed by atoms with Crippen molar-refractivity contribution in [1.29, 1.82) is 0 Å². The molecule has 0 aliphatic heterocycles. The number of rotatable bonds is 5. The fraction of sp³-hybridized carbons (Fsp3) is 0.818. The summed E-state index contributed by atoms with van der Waals surface area (Å²) in [5.74, 6) is -2.48. The zero-order valence-electron chi connectivity index (χ0n) is 9.83. The number of aliphatic carboxylic acids is 2. The summed E-state index contributed by atoms with van der Waals surface area (Å²) >= 11 is 0. The van der Waals surface area contributed by atoms with Gasteiger partial charge in [-0.3, -0.25) is 9.59 Å². The zero-order chi connectivity index (χ0) is 12.3. The van der Waals surface area contributed by atoms with E-state index in [2.05, 4.69) is 0 Å². The Labute approximate surface area is 139 Å². The first-order chi connectivity index (χ1) is 6.70. The van der Waals surface area contributed by atoms with Gasteiger partial charge in [-0.1, -0.05) is 40.5 Å². The third-order valence-corrected chi connectivity index (χ3v) is 2.92. The van der Waals surface area contributed by atoms with Crippen LogP contribution < -0.4 is 0 Å². The van der Waals surface area contributed by atoms with Crippen molar-refractivity contribution in [2.24, 2.45) is 10.8 Å². The Hall–Kier alpha value is 0.576. The van der Waals surface area contributed by atoms with E-state index in [9.17, 15) is 19.8 Å². The van der Waals surface area contributed by atoms with Gasteiger partial charge in [-0.05, 0) is 11.8 Å². The first kappa shape index (κ1) is 18.9. The van der Waals surface area contributed by atoms with E-state index in [1.165, 1.54) is 0 Å². The molecular weight excluding hydrogens is 235 g/mol. The van der Waals surface area contributed by atoms with Gasteiger partial charge in [0.15, 0.2) is 5.41 Å². The SMILES string of the molecule is CCCCC(C(=O)O)(C(=O)O)C(C)(C)C.[KH]. The molecule has 90 valence electrons. The van der Waals surface area contributed by atoms with Crippen molar-refractivity contribution in [3.05, 3.63) is 0 Å². The van der Waals surface area contributed by atoms with E-state index in [0.29, 0.717) is 6.42 Å². The predicted octanol–water partition coefficient (Wildman–Crippen LogP) is 1.73. The molecule has 0 saturated carbocycles. The summed E-state index contributed by atoms with van der Waals surface area (Å²) in [5, 5.41) is 18.4. The zero-order valence-corrected chi connectivity index (χ0v) is 9.83. The second-order valence-electron chi connectivity index (χ2n) is 4.87. The number of carboxylic acid groups (broad SMARTS) is 2. The van der Waals surface area contributed by atoms with E-state index in [-0.39, 0.29) is 57.8 Å². The van der Waals surface area contributed by atoms with Crippen molar-refractivity contribution in [2.75, 3.05) is 0 Å². The molecule has 0 fully saturated rings. The molecule has 0 aromatic carbocycles. The minimum atomic E-state index is -1.68. The van der Waals surface area contributed by atoms with E-state index < -0.39 is 22.8 Å². The Balaban J connectivity index is 0. The van der Waals surface area contributed by atoms with Gasteiger partial charge in [-0.15, -0.1) is 0 Å². The summed E-state index contributed by atoms with van der Waals surface area (Å²) in [5.41, 5.74) is -2.47. The Morgan fingerprint density at radius 2 is 1.44 bits per heavy atom. The Morgan fingerprint density at radius 3 is 1.62 bits per heavy atom. The number of hydrogen-bond acceptors (Lipinski definition) is 2. The molecule has 0 saturated heterocycles. The van der Waals surface area contributed by atoms with Crippen LogP contribution in [0.25, 0.3) is 0 Å². The average Bonchev–Trinajstić information content (AvgIpc) is 2.01. The van der Waals surface area contributed by atoms with Crippen LogP contribution in [0.5, 0.6) is 0 Å². The molecule has 0 bridgehead atoms. The topological polar surface area (TPSA) is 74.6 Å². The van der Waals surface area contributed by atoms with Gasteiger partial charge in [0.1, 0.15) is 0 Å². The molecule has 0 aliphatic carbocycles. The van der Waals surface area contributed by atoms with Gasteiger partial charge >= 0.3 is 63.3 Å². The van der Waals surface area contributed by atoms with E-state index >= 15 is 0 Å². The Bertz CT molecular complexity index is 241. The molecular formula is C11H21KO4. The molecule has 0 atom stereocenters. The molecule has 0 radical (unpaired) electrons. The molecule has 5 heteroatoms. The fourth-order valence-corrected chi connectivity index (χ4v) is 1.76. The normalized spacial score (nSPS) is 11.8. The van der Waals surface area contributed by atoms with Crippen molar-refractivity contribution >= 4 is 63.3 Å². The van der Waals surface area contributed by atoms with Crippen molar-refractivity contribution < 1.29 is 19.8 Å². The summed E-state index contributed by atoms with van der Waals surface area (Å²) in [4.78, 5) is 22.5. The van der Waals surface area contributed by atoms with Crippen LogP contribution in [0.4, 0.5) is 0 Å². The molecule has 0 aromatic heterocycles. The van der Waals surface area contributed by atoms with Gasteiger partial charge in [0.05, 0.1) is 0 Å². The van der Waals surface area contributed by atoms with Gasteiger partial charge < -0.3 is 10.2 Å². The maximum atomic E-state index is 11.2. The van der Waals surface area contributed by atoms with E-state index in [1.807, 2.05) is 6.92 Å². The maximum absolute atomic E-state index is 11.2. The quantitative estimate of drug-likeness (QED) is 0.580. The summed E-state index contributed by atoms with van der Waals surface area (Å²) in [6, 6.07) is 0. The third-order valence-electron chi connectivity index (χ3n) is 2.92. The van der Waals surface area contributed by atoms with E-state index in [4.69, 9.17) is 0 Å². The van der Waals surface area contributed by atoms with Crippen molar-refractivity contribution in [1.82, 2.24) is 0 Å². The first-order valence-electron chi connectivity index (χ1n) is 5.17. The molecule has 0 amide bonds. The van der Waals surface area contributed by atoms with Gasteiger partial charge in [0.25, 0.3) is 0 Å². The molecule has 16 heavy (non-hydrogen) atoms. The van der Waals surface area contributed by atoms with Gasteiger partial charge in [-0.2, -0.15) is 0 Å². The summed E-state index contributed by atoms with van der Waals surface area (Å²) in [7, 11) is 0. The predicted molar refractivity (Wildman–Crippen MR) is 63.8 cm³/mol. The molecule has 2 N–H and O–H groups in total. The van der Waals surface area contributed by atoms with Gasteiger partial charge in [0.2, 0.25) is 0 Å². The van der Waals surface area contributed by atoms with Crippen molar-refractivity contribution in [3.8, 4) is 0 Å². The summed E-state index contributed by atoms with van der Waals surface area (Å²) < 4.78 is 0. The van der Waals surface area contributed by atoms with Crippen molar-refractivity contribution in [3.63, 3.8) is 0 Å². The van der Waals surface area contributed by atoms with Crippen molar-refractivity contribution in [2.45, 2.75) is 47.0 Å². The number of hydrogen-bond donors (Lipinski definition) is 2. The van der Waals surface area contributed by atoms with E-state index in [0.717, 1.165) is 6.42 Å². The fourth-order valence-electron chi connectivity index (χ4n) is 1.76. The van der Waals surface area contributed by atoms with Crippen LogP contribution in [0.2, 0.25) is 0 Å². The van der Waals surface area contributed by atoms with Gasteiger partial charge in [-0.25, -0.2) is 0 Å². The monoisotopic (exact) mass is 256 g/mol. The summed E-state index contributed by atoms with van der Waals surface area (Å²) in [6.07, 6.45) is 1.58. The van der Waals surface area contributed by atoms with Gasteiger partial charge in [0, 0.05) is 0 Å². The third kappa shape index (κ3) is 3.80. The summed E-state index contributed by atoms with van der Waals surface area (Å²) in [6.45, 7) is 6.89. The molecule has 4 nitrogen and oxygen atoms in total. The van der Waals surface area contributed by atoms with Crippen LogP contribution in [-0.4, -0.2) is 73.5 Å². The number of carboxylic acids is 2. The second-order valence-corrected chi connectivity index (χ2v) is 4.87. The molecule has 0 spiro atoms. The molecule has 0 aromatic rings. The number of unbranched alkanes of at least 4 members (excludes halogenated alkanes) is 1.